The molecule has 0 saturated heterocycles. The largest absolute Gasteiger partial charge is 0.208 e. The van der Waals surface area contributed by atoms with Crippen LogP contribution in [0.3, 0.4) is 0 Å². The zero-order valence-corrected chi connectivity index (χ0v) is 28.7. The summed E-state index contributed by atoms with van der Waals surface area (Å²) >= 11 is 1.75. The van der Waals surface area contributed by atoms with Crippen molar-refractivity contribution >= 4 is 31.5 Å². The Morgan fingerprint density at radius 3 is 1.62 bits per heavy atom. The zero-order chi connectivity index (χ0) is 34.6. The highest BCUT2D eigenvalue weighted by molar-refractivity contribution is 7.26. The Bertz CT molecular complexity index is 2780. The fraction of sp³-hybridized carbons (Fsp3) is 0.0213. The fourth-order valence-corrected chi connectivity index (χ4v) is 9.19. The lowest BCUT2D eigenvalue weighted by molar-refractivity contribution is 0.769. The minimum Gasteiger partial charge on any atom is -0.208 e. The SMILES string of the molecule is N#Cc1cccc2sc3ccc4c(c3c12)-c1ccccc1C4(c1ccccc1)c1ccc(-c2nc(-c3ccccc3)nc(-c3ccccc3)n2)cc1. The summed E-state index contributed by atoms with van der Waals surface area (Å²) in [5.41, 5.74) is 10.1. The molecule has 9 aromatic rings. The first-order valence-corrected chi connectivity index (χ1v) is 18.1. The second-order valence-corrected chi connectivity index (χ2v) is 14.1. The number of aromatic nitrogens is 3. The summed E-state index contributed by atoms with van der Waals surface area (Å²) in [4.78, 5) is 14.9. The van der Waals surface area contributed by atoms with Crippen molar-refractivity contribution in [1.82, 2.24) is 15.0 Å². The maximum Gasteiger partial charge on any atom is 0.164 e. The molecule has 0 radical (unpaired) electrons. The van der Waals surface area contributed by atoms with Crippen molar-refractivity contribution in [3.05, 3.63) is 198 Å². The molecule has 0 saturated carbocycles. The van der Waals surface area contributed by atoms with Crippen LogP contribution in [-0.4, -0.2) is 15.0 Å². The van der Waals surface area contributed by atoms with Gasteiger partial charge in [0.25, 0.3) is 0 Å². The van der Waals surface area contributed by atoms with Gasteiger partial charge in [0, 0.05) is 36.9 Å². The molecule has 4 nitrogen and oxygen atoms in total. The van der Waals surface area contributed by atoms with E-state index in [1.54, 1.807) is 11.3 Å². The lowest BCUT2D eigenvalue weighted by Crippen LogP contribution is -2.28. The van der Waals surface area contributed by atoms with E-state index < -0.39 is 5.41 Å². The molecule has 1 unspecified atom stereocenters. The Hall–Kier alpha value is -6.74. The van der Waals surface area contributed by atoms with E-state index in [1.165, 1.54) is 32.5 Å². The minimum absolute atomic E-state index is 0.598. The van der Waals surface area contributed by atoms with Crippen molar-refractivity contribution in [3.8, 4) is 51.4 Å². The van der Waals surface area contributed by atoms with Gasteiger partial charge in [0.05, 0.1) is 17.0 Å². The normalized spacial score (nSPS) is 14.6. The number of hydrogen-bond acceptors (Lipinski definition) is 5. The number of hydrogen-bond donors (Lipinski definition) is 0. The summed E-state index contributed by atoms with van der Waals surface area (Å²) in [6.07, 6.45) is 0. The van der Waals surface area contributed by atoms with Crippen LogP contribution in [0.5, 0.6) is 0 Å². The Labute approximate surface area is 305 Å². The second kappa shape index (κ2) is 11.9. The molecule has 1 aliphatic carbocycles. The van der Waals surface area contributed by atoms with Gasteiger partial charge in [-0.25, -0.2) is 15.0 Å². The van der Waals surface area contributed by atoms with E-state index in [2.05, 4.69) is 103 Å². The summed E-state index contributed by atoms with van der Waals surface area (Å²) in [6.45, 7) is 0. The molecule has 7 aromatic carbocycles. The molecule has 1 atom stereocenters. The van der Waals surface area contributed by atoms with E-state index >= 15 is 0 Å². The van der Waals surface area contributed by atoms with Gasteiger partial charge in [-0.3, -0.25) is 0 Å². The standard InChI is InChI=1S/C47H28N4S/c48-29-33-17-12-22-39-41(33)43-40(52-39)28-27-38-42(43)36-20-10-11-21-37(36)47(38,34-18-8-3-9-19-34)35-25-23-32(24-26-35)46-50-44(30-13-4-1-5-14-30)49-45(51-46)31-15-6-2-7-16-31/h1-28H. The maximum atomic E-state index is 10.2. The summed E-state index contributed by atoms with van der Waals surface area (Å²) < 4.78 is 2.31. The summed E-state index contributed by atoms with van der Waals surface area (Å²) in [5, 5.41) is 12.4. The summed E-state index contributed by atoms with van der Waals surface area (Å²) in [6, 6.07) is 61.6. The Kier molecular flexibility index (Phi) is 6.92. The number of fused-ring (bicyclic) bond motifs is 7. The Morgan fingerprint density at radius 2 is 0.981 bits per heavy atom. The van der Waals surface area contributed by atoms with Crippen LogP contribution >= 0.6 is 11.3 Å². The van der Waals surface area contributed by atoms with Crippen LogP contribution < -0.4 is 0 Å². The minimum atomic E-state index is -0.598. The van der Waals surface area contributed by atoms with Crippen LogP contribution in [0.25, 0.3) is 65.5 Å². The summed E-state index contributed by atoms with van der Waals surface area (Å²) in [7, 11) is 0. The molecule has 0 fully saturated rings. The van der Waals surface area contributed by atoms with Gasteiger partial charge in [0.1, 0.15) is 0 Å². The number of rotatable bonds is 5. The first kappa shape index (κ1) is 30.1. The molecule has 10 rings (SSSR count). The first-order chi connectivity index (χ1) is 25.7. The highest BCUT2D eigenvalue weighted by atomic mass is 32.1. The predicted octanol–water partition coefficient (Wildman–Crippen LogP) is 11.5. The van der Waals surface area contributed by atoms with Crippen molar-refractivity contribution in [1.29, 1.82) is 5.26 Å². The zero-order valence-electron chi connectivity index (χ0n) is 27.9. The molecule has 0 amide bonds. The third kappa shape index (κ3) is 4.48. The first-order valence-electron chi connectivity index (χ1n) is 17.3. The topological polar surface area (TPSA) is 62.5 Å². The highest BCUT2D eigenvalue weighted by Crippen LogP contribution is 2.59. The monoisotopic (exact) mass is 680 g/mol. The number of thiophene rings is 1. The lowest BCUT2D eigenvalue weighted by atomic mass is 9.67. The van der Waals surface area contributed by atoms with Crippen LogP contribution in [0.1, 0.15) is 27.8 Å². The van der Waals surface area contributed by atoms with Crippen molar-refractivity contribution < 1.29 is 0 Å². The van der Waals surface area contributed by atoms with Gasteiger partial charge in [0.2, 0.25) is 0 Å². The maximum absolute atomic E-state index is 10.2. The van der Waals surface area contributed by atoms with E-state index in [9.17, 15) is 5.26 Å². The van der Waals surface area contributed by atoms with E-state index in [0.717, 1.165) is 37.7 Å². The third-order valence-electron chi connectivity index (χ3n) is 10.3. The molecule has 1 aliphatic rings. The van der Waals surface area contributed by atoms with Crippen molar-refractivity contribution in [2.45, 2.75) is 5.41 Å². The van der Waals surface area contributed by atoms with E-state index in [-0.39, 0.29) is 0 Å². The van der Waals surface area contributed by atoms with Crippen molar-refractivity contribution in [3.63, 3.8) is 0 Å². The molecule has 2 aromatic heterocycles. The molecule has 0 bridgehead atoms. The molecule has 2 heterocycles. The van der Waals surface area contributed by atoms with Gasteiger partial charge in [-0.1, -0.05) is 152 Å². The van der Waals surface area contributed by atoms with Gasteiger partial charge < -0.3 is 0 Å². The van der Waals surface area contributed by atoms with Gasteiger partial charge in [-0.05, 0) is 51.6 Å². The molecule has 0 aliphatic heterocycles. The van der Waals surface area contributed by atoms with E-state index in [0.29, 0.717) is 23.0 Å². The van der Waals surface area contributed by atoms with Gasteiger partial charge in [-0.2, -0.15) is 5.26 Å². The van der Waals surface area contributed by atoms with Crippen molar-refractivity contribution in [2.75, 3.05) is 0 Å². The second-order valence-electron chi connectivity index (χ2n) is 13.0. The molecular formula is C47H28N4S. The molecule has 52 heavy (non-hydrogen) atoms. The van der Waals surface area contributed by atoms with Gasteiger partial charge >= 0.3 is 0 Å². The average molecular weight is 681 g/mol. The van der Waals surface area contributed by atoms with Crippen LogP contribution in [0.2, 0.25) is 0 Å². The number of benzene rings is 7. The predicted molar refractivity (Wildman–Crippen MR) is 211 cm³/mol. The van der Waals surface area contributed by atoms with Crippen LogP contribution in [0.4, 0.5) is 0 Å². The van der Waals surface area contributed by atoms with E-state index in [4.69, 9.17) is 15.0 Å². The number of nitrogens with zero attached hydrogens (tertiary/aromatic N) is 4. The van der Waals surface area contributed by atoms with Gasteiger partial charge in [-0.15, -0.1) is 11.3 Å². The highest BCUT2D eigenvalue weighted by Gasteiger charge is 2.47. The third-order valence-corrected chi connectivity index (χ3v) is 11.4. The lowest BCUT2D eigenvalue weighted by Gasteiger charge is -2.34. The van der Waals surface area contributed by atoms with Crippen LogP contribution in [0.15, 0.2) is 170 Å². The summed E-state index contributed by atoms with van der Waals surface area (Å²) in [5.74, 6) is 1.89. The average Bonchev–Trinajstić information content (AvgIpc) is 3.76. The molecule has 0 spiro atoms. The fourth-order valence-electron chi connectivity index (χ4n) is 8.05. The Morgan fingerprint density at radius 1 is 0.442 bits per heavy atom. The quantitative estimate of drug-likeness (QED) is 0.181. The molecule has 0 N–H and O–H groups in total. The van der Waals surface area contributed by atoms with Crippen LogP contribution in [0, 0.1) is 11.3 Å². The van der Waals surface area contributed by atoms with Gasteiger partial charge in [0.15, 0.2) is 17.5 Å². The molecule has 5 heteroatoms. The van der Waals surface area contributed by atoms with Crippen LogP contribution in [-0.2, 0) is 5.41 Å². The van der Waals surface area contributed by atoms with Crippen molar-refractivity contribution in [2.24, 2.45) is 0 Å². The smallest absolute Gasteiger partial charge is 0.164 e. The number of nitriles is 1. The Balaban J connectivity index is 1.22. The van der Waals surface area contributed by atoms with E-state index in [1.807, 2.05) is 72.8 Å². The molecular weight excluding hydrogens is 653 g/mol. The molecule has 242 valence electrons.